The third-order valence-electron chi connectivity index (χ3n) is 9.04. The predicted molar refractivity (Wildman–Crippen MR) is 233 cm³/mol. The van der Waals surface area contributed by atoms with E-state index >= 15 is 0 Å². The van der Waals surface area contributed by atoms with Gasteiger partial charge in [-0.15, -0.1) is 0 Å². The molecule has 0 radical (unpaired) electrons. The summed E-state index contributed by atoms with van der Waals surface area (Å²) in [6.07, 6.45) is 3.28. The molecular formula is C34H26N6O20S6. The molecule has 0 amide bonds. The summed E-state index contributed by atoms with van der Waals surface area (Å²) in [5, 5.41) is 7.28. The summed E-state index contributed by atoms with van der Waals surface area (Å²) < 4.78 is 204. The average molecular weight is 1030 g/mol. The average Bonchev–Trinajstić information content (AvgIpc) is 3.16. The molecule has 0 unspecified atom stereocenters. The van der Waals surface area contributed by atoms with Crippen LogP contribution >= 0.6 is 0 Å². The number of nitrogens with two attached hydrogens (primary N) is 2. The number of ketones is 2. The van der Waals surface area contributed by atoms with Crippen molar-refractivity contribution >= 4 is 131 Å². The Morgan fingerprint density at radius 3 is 1.36 bits per heavy atom. The number of nitrogens with one attached hydrogen (secondary N) is 2. The summed E-state index contributed by atoms with van der Waals surface area (Å²) >= 11 is 0. The van der Waals surface area contributed by atoms with Crippen LogP contribution < -0.4 is 22.3 Å². The van der Waals surface area contributed by atoms with Gasteiger partial charge in [0.25, 0.3) is 60.7 Å². The van der Waals surface area contributed by atoms with E-state index < -0.39 is 152 Å². The van der Waals surface area contributed by atoms with Crippen molar-refractivity contribution in [1.82, 2.24) is 0 Å². The monoisotopic (exact) mass is 1030 g/mol. The zero-order chi connectivity index (χ0) is 49.3. The van der Waals surface area contributed by atoms with Crippen LogP contribution in [0.3, 0.4) is 0 Å². The summed E-state index contributed by atoms with van der Waals surface area (Å²) in [4.78, 5) is 20.9. The van der Waals surface area contributed by atoms with Crippen molar-refractivity contribution in [2.75, 3.05) is 22.3 Å². The van der Waals surface area contributed by atoms with Crippen LogP contribution in [-0.4, -0.2) is 101 Å². The third-order valence-corrected chi connectivity index (χ3v) is 14.2. The zero-order valence-corrected chi connectivity index (χ0v) is 36.9. The molecule has 66 heavy (non-hydrogen) atoms. The van der Waals surface area contributed by atoms with Crippen LogP contribution in [0, 0.1) is 0 Å². The highest BCUT2D eigenvalue weighted by atomic mass is 32.2. The van der Waals surface area contributed by atoms with Crippen molar-refractivity contribution in [1.29, 1.82) is 0 Å². The molecule has 0 saturated carbocycles. The lowest BCUT2D eigenvalue weighted by Gasteiger charge is -2.18. The molecule has 2 aliphatic carbocycles. The maximum Gasteiger partial charge on any atom is 0.296 e. The van der Waals surface area contributed by atoms with Gasteiger partial charge in [-0.2, -0.15) is 60.7 Å². The Hall–Kier alpha value is -6.56. The van der Waals surface area contributed by atoms with E-state index in [9.17, 15) is 87.4 Å². The van der Waals surface area contributed by atoms with E-state index in [0.717, 1.165) is 48.6 Å². The summed E-state index contributed by atoms with van der Waals surface area (Å²) in [5.74, 6) is -2.61. The van der Waals surface area contributed by atoms with Gasteiger partial charge < -0.3 is 11.5 Å². The number of Topliss-reactive ketones (excluding diaryl/α,β-unsaturated/α-hetero) is 2. The molecule has 0 saturated heterocycles. The minimum atomic E-state index is -5.35. The number of hydrazone groups is 2. The molecule has 0 bridgehead atoms. The molecule has 4 aromatic rings. The number of nitrogen functional groups attached to an aromatic ring is 2. The van der Waals surface area contributed by atoms with Gasteiger partial charge in [0, 0.05) is 11.4 Å². The van der Waals surface area contributed by atoms with Crippen LogP contribution in [0.15, 0.2) is 100 Å². The Balaban J connectivity index is 1.33. The first-order valence-electron chi connectivity index (χ1n) is 17.1. The van der Waals surface area contributed by atoms with Crippen molar-refractivity contribution in [2.24, 2.45) is 10.2 Å². The highest BCUT2D eigenvalue weighted by Gasteiger charge is 2.37. The molecule has 0 aliphatic heterocycles. The number of anilines is 4. The smallest absolute Gasteiger partial charge is 0.296 e. The van der Waals surface area contributed by atoms with Crippen LogP contribution in [-0.2, 0) is 60.7 Å². The standard InChI is InChI=1S/C34H26N6O20S6/c35-22-13-20(61(43,44)45)8-17-10-27(65(55,56)57)31(33(41)29(17)22)39-37-19-5-4-16(25(12-19)63(49,50)51)3-1-15-2-6-24(26(7-15)64(52,53)54)38-40-32-28(66(58,59)60)11-18-9-21(62(46,47)48)14-23(36)30(18)34(32)42/h1-14,37-38H,35-36H2,(H,43,44,45)(H,46,47,48)(H,49,50,51)(H,52,53,54)(H,55,56,57)(H,58,59,60)/b3-1+,39-31+,40-32-. The maximum absolute atomic E-state index is 13.4. The molecule has 12 N–H and O–H groups in total. The molecule has 0 atom stereocenters. The fraction of sp³-hybridized carbons (Fsp3) is 0. The van der Waals surface area contributed by atoms with E-state index in [1.54, 1.807) is 0 Å². The lowest BCUT2D eigenvalue weighted by atomic mass is 9.93. The van der Waals surface area contributed by atoms with Crippen LogP contribution in [0.25, 0.3) is 24.3 Å². The molecular weight excluding hydrogens is 1000 g/mol. The molecule has 4 aromatic carbocycles. The first-order chi connectivity index (χ1) is 30.2. The molecule has 2 aliphatic rings. The van der Waals surface area contributed by atoms with Gasteiger partial charge >= 0.3 is 0 Å². The number of benzene rings is 4. The molecule has 6 rings (SSSR count). The highest BCUT2D eigenvalue weighted by Crippen LogP contribution is 2.35. The van der Waals surface area contributed by atoms with Gasteiger partial charge in [-0.1, -0.05) is 24.3 Å². The van der Waals surface area contributed by atoms with Crippen LogP contribution in [0.2, 0.25) is 0 Å². The van der Waals surface area contributed by atoms with E-state index in [4.69, 9.17) is 11.5 Å². The van der Waals surface area contributed by atoms with E-state index in [2.05, 4.69) is 21.1 Å². The number of nitrogens with zero attached hydrogens (tertiary/aromatic N) is 2. The summed E-state index contributed by atoms with van der Waals surface area (Å²) in [5.41, 5.74) is 9.26. The quantitative estimate of drug-likeness (QED) is 0.0418. The second kappa shape index (κ2) is 16.7. The fourth-order valence-electron chi connectivity index (χ4n) is 6.19. The van der Waals surface area contributed by atoms with Crippen molar-refractivity contribution < 1.29 is 87.4 Å². The van der Waals surface area contributed by atoms with Gasteiger partial charge in [-0.05, 0) is 82.9 Å². The summed E-state index contributed by atoms with van der Waals surface area (Å²) in [7, 11) is -30.9. The van der Waals surface area contributed by atoms with Gasteiger partial charge in [-0.25, -0.2) is 0 Å². The number of hydrogen-bond donors (Lipinski definition) is 10. The molecule has 0 aromatic heterocycles. The maximum atomic E-state index is 13.4. The van der Waals surface area contributed by atoms with Gasteiger partial charge in [0.1, 0.15) is 19.6 Å². The van der Waals surface area contributed by atoms with Crippen molar-refractivity contribution in [3.8, 4) is 0 Å². The van der Waals surface area contributed by atoms with Crippen molar-refractivity contribution in [2.45, 2.75) is 19.6 Å². The first kappa shape index (κ1) is 48.9. The topological polar surface area (TPSA) is 461 Å². The Bertz CT molecular complexity index is 3750. The Morgan fingerprint density at radius 1 is 0.485 bits per heavy atom. The van der Waals surface area contributed by atoms with Gasteiger partial charge in [0.2, 0.25) is 11.6 Å². The number of hydrogen-bond acceptors (Lipinski definition) is 20. The minimum Gasteiger partial charge on any atom is -0.398 e. The molecule has 0 heterocycles. The van der Waals surface area contributed by atoms with Gasteiger partial charge in [-0.3, -0.25) is 47.8 Å². The highest BCUT2D eigenvalue weighted by molar-refractivity contribution is 7.91. The number of rotatable bonds is 12. The summed E-state index contributed by atoms with van der Waals surface area (Å²) in [6, 6.07) is 8.39. The van der Waals surface area contributed by atoms with Crippen molar-refractivity contribution in [3.05, 3.63) is 104 Å². The summed E-state index contributed by atoms with van der Waals surface area (Å²) in [6.45, 7) is 0. The zero-order valence-electron chi connectivity index (χ0n) is 32.0. The molecule has 0 spiro atoms. The number of carbonyl (C=O) groups excluding carboxylic acids is 2. The number of allylic oxidation sites excluding steroid dienone is 2. The normalized spacial score (nSPS) is 16.2. The first-order valence-corrected chi connectivity index (χ1v) is 25.7. The van der Waals surface area contributed by atoms with E-state index in [1.165, 1.54) is 0 Å². The van der Waals surface area contributed by atoms with E-state index in [0.29, 0.717) is 36.4 Å². The molecule has 348 valence electrons. The van der Waals surface area contributed by atoms with E-state index in [-0.39, 0.29) is 16.8 Å². The Morgan fingerprint density at radius 2 is 0.939 bits per heavy atom. The third kappa shape index (κ3) is 10.1. The Kier molecular flexibility index (Phi) is 12.4. The van der Waals surface area contributed by atoms with Crippen molar-refractivity contribution in [3.63, 3.8) is 0 Å². The van der Waals surface area contributed by atoms with Gasteiger partial charge in [0.15, 0.2) is 11.4 Å². The van der Waals surface area contributed by atoms with Crippen LogP contribution in [0.4, 0.5) is 22.7 Å². The van der Waals surface area contributed by atoms with E-state index in [1.807, 2.05) is 0 Å². The second-order valence-electron chi connectivity index (χ2n) is 13.5. The molecule has 0 fully saturated rings. The lowest BCUT2D eigenvalue weighted by molar-refractivity contribution is 0.105. The minimum absolute atomic E-state index is 0.122. The fourth-order valence-corrected chi connectivity index (χ4v) is 10.00. The number of fused-ring (bicyclic) bond motifs is 2. The predicted octanol–water partition coefficient (Wildman–Crippen LogP) is 1.79. The Labute approximate surface area is 372 Å². The molecule has 26 nitrogen and oxygen atoms in total. The largest absolute Gasteiger partial charge is 0.398 e. The number of carbonyl (C=O) groups is 2. The van der Waals surface area contributed by atoms with Crippen LogP contribution in [0.5, 0.6) is 0 Å². The van der Waals surface area contributed by atoms with Crippen LogP contribution in [0.1, 0.15) is 43.0 Å². The lowest BCUT2D eigenvalue weighted by Crippen LogP contribution is -2.28. The SMILES string of the molecule is Nc1cc(S(=O)(=O)O)cc2c1C(=O)/C(=N/Nc1ccc(/C=C/c3ccc(N/N=C4\C(=O)c5c(N)cc(S(=O)(=O)O)cc5C=C4S(=O)(=O)O)c(S(=O)(=O)O)c3)c(S(=O)(=O)O)c1)C(S(=O)(=O)O)=C2. The van der Waals surface area contributed by atoms with Gasteiger partial charge in [0.05, 0.1) is 32.3 Å². The second-order valence-corrected chi connectivity index (χ2v) is 21.9. The molecule has 32 heteroatoms.